The molecule has 2 N–H and O–H groups in total. The number of aryl methyl sites for hydroxylation is 1. The summed E-state index contributed by atoms with van der Waals surface area (Å²) in [4.78, 5) is 26.6. The van der Waals surface area contributed by atoms with Gasteiger partial charge in [-0.1, -0.05) is 25.1 Å². The van der Waals surface area contributed by atoms with E-state index >= 15 is 0 Å². The van der Waals surface area contributed by atoms with Gasteiger partial charge in [-0.25, -0.2) is 0 Å². The molecule has 2 amide bonds. The maximum atomic E-state index is 13.0. The van der Waals surface area contributed by atoms with Gasteiger partial charge in [-0.2, -0.15) is 0 Å². The molecule has 0 radical (unpaired) electrons. The fourth-order valence-corrected chi connectivity index (χ4v) is 3.00. The fraction of sp³-hybridized carbons (Fsp3) is 0.150. The van der Waals surface area contributed by atoms with Gasteiger partial charge in [0, 0.05) is 0 Å². The van der Waals surface area contributed by atoms with E-state index in [2.05, 4.69) is 5.32 Å². The van der Waals surface area contributed by atoms with E-state index in [1.807, 2.05) is 19.1 Å². The molecule has 1 fully saturated rings. The number of carbonyl (C=O) groups excluding carboxylic acids is 2. The van der Waals surface area contributed by atoms with Crippen molar-refractivity contribution in [1.82, 2.24) is 5.32 Å². The normalized spacial score (nSPS) is 15.9. The SMILES string of the molecule is CCc1ccc(N2C(=O)/C(=C/c3ccc(O)c(OC)c3)C(=O)NC2=S)cc1. The largest absolute Gasteiger partial charge is 0.504 e. The number of methoxy groups -OCH3 is 1. The van der Waals surface area contributed by atoms with E-state index in [0.717, 1.165) is 12.0 Å². The Morgan fingerprint density at radius 2 is 1.89 bits per heavy atom. The highest BCUT2D eigenvalue weighted by Gasteiger charge is 2.34. The zero-order chi connectivity index (χ0) is 19.6. The number of nitrogens with zero attached hydrogens (tertiary/aromatic N) is 1. The van der Waals surface area contributed by atoms with Crippen LogP contribution in [-0.2, 0) is 16.0 Å². The second-order valence-corrected chi connectivity index (χ2v) is 6.30. The van der Waals surface area contributed by atoms with Crippen molar-refractivity contribution in [2.75, 3.05) is 12.0 Å². The van der Waals surface area contributed by atoms with Crippen LogP contribution in [0.25, 0.3) is 6.08 Å². The zero-order valence-corrected chi connectivity index (χ0v) is 15.7. The lowest BCUT2D eigenvalue weighted by molar-refractivity contribution is -0.122. The van der Waals surface area contributed by atoms with Crippen molar-refractivity contribution >= 4 is 40.9 Å². The molecule has 3 rings (SSSR count). The van der Waals surface area contributed by atoms with E-state index in [1.165, 1.54) is 30.2 Å². The summed E-state index contributed by atoms with van der Waals surface area (Å²) in [5, 5.41) is 12.3. The Morgan fingerprint density at radius 1 is 1.19 bits per heavy atom. The Morgan fingerprint density at radius 3 is 2.52 bits per heavy atom. The summed E-state index contributed by atoms with van der Waals surface area (Å²) in [5.41, 5.74) is 2.19. The van der Waals surface area contributed by atoms with E-state index in [9.17, 15) is 14.7 Å². The number of anilines is 1. The highest BCUT2D eigenvalue weighted by molar-refractivity contribution is 7.80. The summed E-state index contributed by atoms with van der Waals surface area (Å²) in [6.45, 7) is 2.04. The lowest BCUT2D eigenvalue weighted by atomic mass is 10.1. The minimum atomic E-state index is -0.571. The van der Waals surface area contributed by atoms with Crippen LogP contribution in [0.2, 0.25) is 0 Å². The summed E-state index contributed by atoms with van der Waals surface area (Å²) in [7, 11) is 1.42. The molecule has 0 aliphatic carbocycles. The quantitative estimate of drug-likeness (QED) is 0.483. The van der Waals surface area contributed by atoms with Gasteiger partial charge < -0.3 is 9.84 Å². The number of carbonyl (C=O) groups is 2. The monoisotopic (exact) mass is 382 g/mol. The van der Waals surface area contributed by atoms with E-state index in [1.54, 1.807) is 18.2 Å². The number of amides is 2. The number of phenolic OH excluding ortho intramolecular Hbond substituents is 1. The Balaban J connectivity index is 1.99. The van der Waals surface area contributed by atoms with Gasteiger partial charge in [0.25, 0.3) is 11.8 Å². The van der Waals surface area contributed by atoms with Gasteiger partial charge in [-0.15, -0.1) is 0 Å². The van der Waals surface area contributed by atoms with Crippen LogP contribution < -0.4 is 15.0 Å². The first-order chi connectivity index (χ1) is 12.9. The number of ether oxygens (including phenoxy) is 1. The summed E-state index contributed by atoms with van der Waals surface area (Å²) in [6, 6.07) is 12.0. The van der Waals surface area contributed by atoms with E-state index in [4.69, 9.17) is 17.0 Å². The fourth-order valence-electron chi connectivity index (χ4n) is 2.72. The second kappa shape index (κ2) is 7.59. The first-order valence-electron chi connectivity index (χ1n) is 8.32. The predicted octanol–water partition coefficient (Wildman–Crippen LogP) is 2.79. The van der Waals surface area contributed by atoms with Crippen molar-refractivity contribution in [1.29, 1.82) is 0 Å². The predicted molar refractivity (Wildman–Crippen MR) is 107 cm³/mol. The van der Waals surface area contributed by atoms with Crippen LogP contribution in [0, 0.1) is 0 Å². The smallest absolute Gasteiger partial charge is 0.270 e. The van der Waals surface area contributed by atoms with E-state index in [0.29, 0.717) is 11.3 Å². The maximum absolute atomic E-state index is 13.0. The van der Waals surface area contributed by atoms with Crippen LogP contribution in [0.4, 0.5) is 5.69 Å². The molecule has 1 saturated heterocycles. The van der Waals surface area contributed by atoms with Crippen LogP contribution in [0.5, 0.6) is 11.5 Å². The number of nitrogens with one attached hydrogen (secondary N) is 1. The summed E-state index contributed by atoms with van der Waals surface area (Å²) < 4.78 is 5.06. The van der Waals surface area contributed by atoms with Crippen molar-refractivity contribution in [2.24, 2.45) is 0 Å². The summed E-state index contributed by atoms with van der Waals surface area (Å²) in [6.07, 6.45) is 2.32. The highest BCUT2D eigenvalue weighted by atomic mass is 32.1. The van der Waals surface area contributed by atoms with Gasteiger partial charge in [0.05, 0.1) is 12.8 Å². The number of hydrogen-bond donors (Lipinski definition) is 2. The van der Waals surface area contributed by atoms with Crippen molar-refractivity contribution in [3.05, 3.63) is 59.2 Å². The average molecular weight is 382 g/mol. The molecule has 0 spiro atoms. The van der Waals surface area contributed by atoms with Crippen molar-refractivity contribution in [2.45, 2.75) is 13.3 Å². The molecule has 0 atom stereocenters. The Bertz CT molecular complexity index is 951. The number of rotatable bonds is 4. The molecule has 0 saturated carbocycles. The van der Waals surface area contributed by atoms with Gasteiger partial charge in [-0.3, -0.25) is 19.8 Å². The molecule has 2 aromatic carbocycles. The van der Waals surface area contributed by atoms with Crippen LogP contribution >= 0.6 is 12.2 Å². The maximum Gasteiger partial charge on any atom is 0.270 e. The number of thiocarbonyl (C=S) groups is 1. The number of phenols is 1. The molecule has 1 heterocycles. The van der Waals surface area contributed by atoms with Gasteiger partial charge >= 0.3 is 0 Å². The Kier molecular flexibility index (Phi) is 5.23. The minimum Gasteiger partial charge on any atom is -0.504 e. The Hall–Kier alpha value is -3.19. The summed E-state index contributed by atoms with van der Waals surface area (Å²) in [5.74, 6) is -0.869. The van der Waals surface area contributed by atoms with Gasteiger partial charge in [0.1, 0.15) is 5.57 Å². The van der Waals surface area contributed by atoms with E-state index < -0.39 is 11.8 Å². The molecule has 6 nitrogen and oxygen atoms in total. The zero-order valence-electron chi connectivity index (χ0n) is 14.9. The first-order valence-corrected chi connectivity index (χ1v) is 8.72. The molecular formula is C20H18N2O4S. The molecule has 0 unspecified atom stereocenters. The third-order valence-electron chi connectivity index (χ3n) is 4.22. The third kappa shape index (κ3) is 3.68. The minimum absolute atomic E-state index is 0.0297. The van der Waals surface area contributed by atoms with Gasteiger partial charge in [-0.05, 0) is 60.1 Å². The average Bonchev–Trinajstić information content (AvgIpc) is 2.66. The van der Waals surface area contributed by atoms with Gasteiger partial charge in [0.15, 0.2) is 16.6 Å². The van der Waals surface area contributed by atoms with Crippen LogP contribution in [0.15, 0.2) is 48.0 Å². The number of benzene rings is 2. The van der Waals surface area contributed by atoms with Crippen LogP contribution in [-0.4, -0.2) is 29.1 Å². The molecule has 0 aromatic heterocycles. The third-order valence-corrected chi connectivity index (χ3v) is 4.50. The molecule has 1 aliphatic heterocycles. The highest BCUT2D eigenvalue weighted by Crippen LogP contribution is 2.28. The molecular weight excluding hydrogens is 364 g/mol. The molecule has 27 heavy (non-hydrogen) atoms. The Labute approximate surface area is 162 Å². The van der Waals surface area contributed by atoms with Crippen LogP contribution in [0.1, 0.15) is 18.1 Å². The summed E-state index contributed by atoms with van der Waals surface area (Å²) >= 11 is 5.19. The van der Waals surface area contributed by atoms with Crippen molar-refractivity contribution in [3.8, 4) is 11.5 Å². The second-order valence-electron chi connectivity index (χ2n) is 5.91. The topological polar surface area (TPSA) is 78.9 Å². The molecule has 0 bridgehead atoms. The lowest BCUT2D eigenvalue weighted by Gasteiger charge is -2.29. The van der Waals surface area contributed by atoms with Crippen molar-refractivity contribution in [3.63, 3.8) is 0 Å². The number of aromatic hydroxyl groups is 1. The molecule has 1 aliphatic rings. The van der Waals surface area contributed by atoms with Crippen LogP contribution in [0.3, 0.4) is 0 Å². The molecule has 2 aromatic rings. The molecule has 7 heteroatoms. The molecule has 138 valence electrons. The standard InChI is InChI=1S/C20H18N2O4S/c1-3-12-4-7-14(8-5-12)22-19(25)15(18(24)21-20(22)27)10-13-6-9-16(23)17(11-13)26-2/h4-11,23H,3H2,1-2H3,(H,21,24,27)/b15-10+. The number of hydrogen-bond acceptors (Lipinski definition) is 5. The van der Waals surface area contributed by atoms with E-state index in [-0.39, 0.29) is 22.2 Å². The first kappa shape index (κ1) is 18.6. The van der Waals surface area contributed by atoms with Gasteiger partial charge in [0.2, 0.25) is 0 Å². The van der Waals surface area contributed by atoms with Crippen molar-refractivity contribution < 1.29 is 19.4 Å². The lowest BCUT2D eigenvalue weighted by Crippen LogP contribution is -2.54.